The first-order chi connectivity index (χ1) is 19.5. The minimum Gasteiger partial charge on any atom is -0.481 e. The summed E-state index contributed by atoms with van der Waals surface area (Å²) in [6.07, 6.45) is 5.14. The Labute approximate surface area is 256 Å². The van der Waals surface area contributed by atoms with E-state index in [4.69, 9.17) is 16.7 Å². The van der Waals surface area contributed by atoms with E-state index in [0.29, 0.717) is 17.4 Å². The zero-order valence-electron chi connectivity index (χ0n) is 25.2. The number of carboxylic acids is 1. The fourth-order valence-corrected chi connectivity index (χ4v) is 7.49. The molecule has 0 fully saturated rings. The molecule has 0 aliphatic heterocycles. The van der Waals surface area contributed by atoms with Gasteiger partial charge in [-0.05, 0) is 129 Å². The first-order valence-electron chi connectivity index (χ1n) is 14.9. The molecule has 0 bridgehead atoms. The largest absolute Gasteiger partial charge is 0.481 e. The lowest BCUT2D eigenvalue weighted by Crippen LogP contribution is -2.44. The highest BCUT2D eigenvalue weighted by Crippen LogP contribution is 2.35. The lowest BCUT2D eigenvalue weighted by Gasteiger charge is -2.31. The Morgan fingerprint density at radius 3 is 2.46 bits per heavy atom. The molecule has 0 heterocycles. The third-order valence-corrected chi connectivity index (χ3v) is 9.47. The number of benzene rings is 3. The third-order valence-electron chi connectivity index (χ3n) is 8.10. The van der Waals surface area contributed by atoms with Crippen molar-refractivity contribution in [2.45, 2.75) is 76.7 Å². The second kappa shape index (κ2) is 14.2. The number of rotatable bonds is 14. The standard InChI is InChI=1S/C35H45ClN2O2S/c1-6-27-20-30(31-14-11-25(19-32(31)36)12-16-34(39)40)13-15-33(27)41-38(5)23-24(2)22-37-35(3,4)21-26-17-28-9-7-8-10-29(28)18-26/h7-11,13-15,19-20,24,26,37H,6,12,16-18,21-23H2,1-5H3,(H,39,40). The Balaban J connectivity index is 1.29. The molecule has 41 heavy (non-hydrogen) atoms. The molecule has 0 spiro atoms. The summed E-state index contributed by atoms with van der Waals surface area (Å²) >= 11 is 8.43. The Morgan fingerprint density at radius 2 is 1.83 bits per heavy atom. The normalized spacial score (nSPS) is 14.4. The van der Waals surface area contributed by atoms with Crippen molar-refractivity contribution in [3.63, 3.8) is 0 Å². The summed E-state index contributed by atoms with van der Waals surface area (Å²) < 4.78 is 2.35. The van der Waals surface area contributed by atoms with Crippen LogP contribution in [0.3, 0.4) is 0 Å². The van der Waals surface area contributed by atoms with Crippen LogP contribution in [0.5, 0.6) is 0 Å². The predicted octanol–water partition coefficient (Wildman–Crippen LogP) is 8.33. The summed E-state index contributed by atoms with van der Waals surface area (Å²) in [5.41, 5.74) is 7.51. The molecule has 0 saturated heterocycles. The zero-order chi connectivity index (χ0) is 29.6. The number of fused-ring (bicyclic) bond motifs is 1. The van der Waals surface area contributed by atoms with Crippen molar-refractivity contribution in [3.05, 3.63) is 87.9 Å². The molecule has 4 rings (SSSR count). The first kappa shape index (κ1) is 31.6. The number of hydrogen-bond donors (Lipinski definition) is 2. The van der Waals surface area contributed by atoms with Gasteiger partial charge in [-0.25, -0.2) is 4.31 Å². The van der Waals surface area contributed by atoms with E-state index in [1.807, 2.05) is 30.1 Å². The molecule has 4 nitrogen and oxygen atoms in total. The predicted molar refractivity (Wildman–Crippen MR) is 174 cm³/mol. The van der Waals surface area contributed by atoms with Crippen molar-refractivity contribution in [1.82, 2.24) is 9.62 Å². The van der Waals surface area contributed by atoms with Gasteiger partial charge in [-0.1, -0.05) is 67.9 Å². The van der Waals surface area contributed by atoms with E-state index in [0.717, 1.165) is 42.1 Å². The van der Waals surface area contributed by atoms with Crippen LogP contribution in [0.2, 0.25) is 5.02 Å². The molecule has 1 aliphatic rings. The van der Waals surface area contributed by atoms with Gasteiger partial charge in [0.25, 0.3) is 0 Å². The van der Waals surface area contributed by atoms with Crippen LogP contribution in [0.25, 0.3) is 11.1 Å². The molecule has 3 aromatic rings. The number of hydrogen-bond acceptors (Lipinski definition) is 4. The van der Waals surface area contributed by atoms with Gasteiger partial charge in [-0.2, -0.15) is 0 Å². The minimum atomic E-state index is -0.795. The summed E-state index contributed by atoms with van der Waals surface area (Å²) in [4.78, 5) is 12.2. The average Bonchev–Trinajstić information content (AvgIpc) is 3.32. The summed E-state index contributed by atoms with van der Waals surface area (Å²) in [7, 11) is 2.18. The molecule has 3 aromatic carbocycles. The monoisotopic (exact) mass is 592 g/mol. The molecule has 1 atom stereocenters. The Kier molecular flexibility index (Phi) is 11.0. The molecule has 0 aromatic heterocycles. The van der Waals surface area contributed by atoms with Gasteiger partial charge in [-0.15, -0.1) is 0 Å². The van der Waals surface area contributed by atoms with Crippen LogP contribution in [-0.4, -0.2) is 41.1 Å². The van der Waals surface area contributed by atoms with Crippen molar-refractivity contribution in [1.29, 1.82) is 0 Å². The Hall–Kier alpha value is -2.31. The highest BCUT2D eigenvalue weighted by atomic mass is 35.5. The quantitative estimate of drug-likeness (QED) is 0.184. The van der Waals surface area contributed by atoms with E-state index >= 15 is 0 Å². The maximum atomic E-state index is 10.9. The Bertz CT molecular complexity index is 1320. The van der Waals surface area contributed by atoms with Crippen LogP contribution in [0.4, 0.5) is 0 Å². The number of nitrogens with one attached hydrogen (secondary N) is 1. The average molecular weight is 593 g/mol. The van der Waals surface area contributed by atoms with Crippen molar-refractivity contribution >= 4 is 29.5 Å². The highest BCUT2D eigenvalue weighted by Gasteiger charge is 2.28. The summed E-state index contributed by atoms with van der Waals surface area (Å²) in [5, 5.41) is 13.5. The fourth-order valence-electron chi connectivity index (χ4n) is 6.06. The van der Waals surface area contributed by atoms with Crippen LogP contribution in [0.15, 0.2) is 65.6 Å². The van der Waals surface area contributed by atoms with Gasteiger partial charge < -0.3 is 10.4 Å². The van der Waals surface area contributed by atoms with Crippen LogP contribution >= 0.6 is 23.5 Å². The zero-order valence-corrected chi connectivity index (χ0v) is 26.7. The van der Waals surface area contributed by atoms with Gasteiger partial charge in [0.05, 0.1) is 0 Å². The molecule has 0 radical (unpaired) electrons. The number of halogens is 1. The molecular weight excluding hydrogens is 548 g/mol. The number of carboxylic acid groups (broad SMARTS) is 1. The van der Waals surface area contributed by atoms with Gasteiger partial charge in [0, 0.05) is 34.0 Å². The SMILES string of the molecule is CCc1cc(-c2ccc(CCC(=O)O)cc2Cl)ccc1SN(C)CC(C)CNC(C)(C)CC1Cc2ccccc2C1. The van der Waals surface area contributed by atoms with Crippen molar-refractivity contribution in [2.24, 2.45) is 11.8 Å². The smallest absolute Gasteiger partial charge is 0.303 e. The van der Waals surface area contributed by atoms with E-state index in [1.165, 1.54) is 40.8 Å². The summed E-state index contributed by atoms with van der Waals surface area (Å²) in [5.74, 6) is 0.454. The van der Waals surface area contributed by atoms with Crippen LogP contribution in [0, 0.1) is 11.8 Å². The van der Waals surface area contributed by atoms with Crippen molar-refractivity contribution in [3.8, 4) is 11.1 Å². The molecule has 6 heteroatoms. The third kappa shape index (κ3) is 9.09. The van der Waals surface area contributed by atoms with Gasteiger partial charge >= 0.3 is 5.97 Å². The van der Waals surface area contributed by atoms with Crippen LogP contribution in [-0.2, 0) is 30.5 Å². The second-order valence-corrected chi connectivity index (χ2v) is 14.1. The molecule has 1 aliphatic carbocycles. The second-order valence-electron chi connectivity index (χ2n) is 12.4. The number of carbonyl (C=O) groups is 1. The van der Waals surface area contributed by atoms with E-state index < -0.39 is 5.97 Å². The lowest BCUT2D eigenvalue weighted by atomic mass is 9.88. The van der Waals surface area contributed by atoms with E-state index in [1.54, 1.807) is 0 Å². The lowest BCUT2D eigenvalue weighted by molar-refractivity contribution is -0.136. The van der Waals surface area contributed by atoms with E-state index in [-0.39, 0.29) is 12.0 Å². The number of aliphatic carboxylic acids is 1. The molecule has 2 N–H and O–H groups in total. The molecule has 0 saturated carbocycles. The molecule has 1 unspecified atom stereocenters. The minimum absolute atomic E-state index is 0.108. The van der Waals surface area contributed by atoms with Gasteiger partial charge in [0.1, 0.15) is 0 Å². The Morgan fingerprint density at radius 1 is 1.12 bits per heavy atom. The van der Waals surface area contributed by atoms with Gasteiger partial charge in [0.15, 0.2) is 0 Å². The van der Waals surface area contributed by atoms with Crippen molar-refractivity contribution in [2.75, 3.05) is 20.1 Å². The van der Waals surface area contributed by atoms with Crippen LogP contribution in [0.1, 0.15) is 62.8 Å². The van der Waals surface area contributed by atoms with Crippen molar-refractivity contribution < 1.29 is 9.90 Å². The number of nitrogens with zero attached hydrogens (tertiary/aromatic N) is 1. The highest BCUT2D eigenvalue weighted by molar-refractivity contribution is 7.97. The maximum Gasteiger partial charge on any atom is 0.303 e. The van der Waals surface area contributed by atoms with Crippen LogP contribution < -0.4 is 5.32 Å². The fraction of sp³-hybridized carbons (Fsp3) is 0.457. The van der Waals surface area contributed by atoms with Gasteiger partial charge in [-0.3, -0.25) is 4.79 Å². The maximum absolute atomic E-state index is 10.9. The molecule has 220 valence electrons. The summed E-state index contributed by atoms with van der Waals surface area (Å²) in [6, 6.07) is 21.4. The molecule has 0 amide bonds. The number of aryl methyl sites for hydroxylation is 2. The van der Waals surface area contributed by atoms with E-state index in [2.05, 4.69) is 86.8 Å². The topological polar surface area (TPSA) is 52.6 Å². The molecular formula is C35H45ClN2O2S. The van der Waals surface area contributed by atoms with E-state index in [9.17, 15) is 4.79 Å². The summed E-state index contributed by atoms with van der Waals surface area (Å²) in [6.45, 7) is 11.2. The first-order valence-corrected chi connectivity index (χ1v) is 16.0. The van der Waals surface area contributed by atoms with Gasteiger partial charge in [0.2, 0.25) is 0 Å².